The van der Waals surface area contributed by atoms with E-state index in [0.717, 1.165) is 32.7 Å². The Bertz CT molecular complexity index is 427. The second kappa shape index (κ2) is 6.57. The van der Waals surface area contributed by atoms with E-state index in [1.807, 2.05) is 11.8 Å². The molecule has 1 N–H and O–H groups in total. The number of nitrogens with one attached hydrogen (secondary N) is 1. The Balaban J connectivity index is 2.17. The van der Waals surface area contributed by atoms with E-state index in [0.29, 0.717) is 6.54 Å². The zero-order valence-corrected chi connectivity index (χ0v) is 11.9. The van der Waals surface area contributed by atoms with Crippen LogP contribution in [0, 0.1) is 0 Å². The van der Waals surface area contributed by atoms with Crippen LogP contribution in [0.15, 0.2) is 24.3 Å². The number of piperazine rings is 1. The van der Waals surface area contributed by atoms with Gasteiger partial charge in [-0.15, -0.1) is 0 Å². The van der Waals surface area contributed by atoms with Gasteiger partial charge in [0.25, 0.3) is 0 Å². The molecule has 0 radical (unpaired) electrons. The SMILES string of the molecule is CCN(Cc1ccccc1N1CCNCC1)C(C)=O. The van der Waals surface area contributed by atoms with E-state index >= 15 is 0 Å². The molecule has 0 aliphatic carbocycles. The zero-order valence-electron chi connectivity index (χ0n) is 11.9. The van der Waals surface area contributed by atoms with Crippen LogP contribution in [0.25, 0.3) is 0 Å². The van der Waals surface area contributed by atoms with Crippen molar-refractivity contribution in [3.63, 3.8) is 0 Å². The standard InChI is InChI=1S/C15H23N3O/c1-3-17(13(2)19)12-14-6-4-5-7-15(14)18-10-8-16-9-11-18/h4-7,16H,3,8-12H2,1-2H3. The maximum atomic E-state index is 11.6. The number of amides is 1. The van der Waals surface area contributed by atoms with Gasteiger partial charge < -0.3 is 15.1 Å². The van der Waals surface area contributed by atoms with Crippen LogP contribution in [0.1, 0.15) is 19.4 Å². The van der Waals surface area contributed by atoms with Crippen molar-refractivity contribution < 1.29 is 4.79 Å². The number of nitrogens with zero attached hydrogens (tertiary/aromatic N) is 2. The quantitative estimate of drug-likeness (QED) is 0.891. The molecule has 1 aromatic rings. The summed E-state index contributed by atoms with van der Waals surface area (Å²) in [5.41, 5.74) is 2.50. The van der Waals surface area contributed by atoms with Gasteiger partial charge >= 0.3 is 0 Å². The lowest BCUT2D eigenvalue weighted by atomic mass is 10.1. The minimum Gasteiger partial charge on any atom is -0.369 e. The molecule has 0 saturated carbocycles. The fourth-order valence-corrected chi connectivity index (χ4v) is 2.51. The van der Waals surface area contributed by atoms with Crippen LogP contribution in [0.5, 0.6) is 0 Å². The fraction of sp³-hybridized carbons (Fsp3) is 0.533. The maximum Gasteiger partial charge on any atom is 0.219 e. The van der Waals surface area contributed by atoms with E-state index in [1.54, 1.807) is 6.92 Å². The molecule has 1 heterocycles. The summed E-state index contributed by atoms with van der Waals surface area (Å²) in [6.07, 6.45) is 0. The third kappa shape index (κ3) is 3.47. The van der Waals surface area contributed by atoms with Gasteiger partial charge in [-0.25, -0.2) is 0 Å². The van der Waals surface area contributed by atoms with Gasteiger partial charge in [0.2, 0.25) is 5.91 Å². The van der Waals surface area contributed by atoms with E-state index in [-0.39, 0.29) is 5.91 Å². The fourth-order valence-electron chi connectivity index (χ4n) is 2.51. The molecule has 1 saturated heterocycles. The molecule has 1 aliphatic heterocycles. The van der Waals surface area contributed by atoms with Gasteiger partial charge in [0, 0.05) is 51.9 Å². The number of anilines is 1. The summed E-state index contributed by atoms with van der Waals surface area (Å²) >= 11 is 0. The monoisotopic (exact) mass is 261 g/mol. The summed E-state index contributed by atoms with van der Waals surface area (Å²) < 4.78 is 0. The highest BCUT2D eigenvalue weighted by Crippen LogP contribution is 2.22. The van der Waals surface area contributed by atoms with Crippen molar-refractivity contribution in [2.75, 3.05) is 37.6 Å². The van der Waals surface area contributed by atoms with Crippen LogP contribution in [-0.2, 0) is 11.3 Å². The number of para-hydroxylation sites is 1. The number of rotatable bonds is 4. The summed E-state index contributed by atoms with van der Waals surface area (Å²) in [6.45, 7) is 9.23. The molecule has 1 aliphatic rings. The average Bonchev–Trinajstić information content (AvgIpc) is 2.45. The van der Waals surface area contributed by atoms with Gasteiger partial charge in [-0.1, -0.05) is 18.2 Å². The van der Waals surface area contributed by atoms with Crippen molar-refractivity contribution in [1.29, 1.82) is 0 Å². The lowest BCUT2D eigenvalue weighted by molar-refractivity contribution is -0.129. The lowest BCUT2D eigenvalue weighted by Gasteiger charge is -2.32. The number of carbonyl (C=O) groups is 1. The molecule has 0 aromatic heterocycles. The Morgan fingerprint density at radius 3 is 2.63 bits per heavy atom. The second-order valence-corrected chi connectivity index (χ2v) is 4.90. The molecule has 1 fully saturated rings. The van der Waals surface area contributed by atoms with Crippen molar-refractivity contribution in [2.45, 2.75) is 20.4 Å². The molecular weight excluding hydrogens is 238 g/mol. The van der Waals surface area contributed by atoms with Crippen LogP contribution in [0.3, 0.4) is 0 Å². The highest BCUT2D eigenvalue weighted by atomic mass is 16.2. The summed E-state index contributed by atoms with van der Waals surface area (Å²) in [4.78, 5) is 15.8. The Kier molecular flexibility index (Phi) is 4.80. The van der Waals surface area contributed by atoms with Crippen molar-refractivity contribution in [3.8, 4) is 0 Å². The van der Waals surface area contributed by atoms with E-state index in [1.165, 1.54) is 11.3 Å². The molecule has 0 bridgehead atoms. The maximum absolute atomic E-state index is 11.6. The molecule has 0 unspecified atom stereocenters. The molecule has 2 rings (SSSR count). The van der Waals surface area contributed by atoms with Gasteiger partial charge in [-0.3, -0.25) is 4.79 Å². The van der Waals surface area contributed by atoms with Crippen LogP contribution in [-0.4, -0.2) is 43.5 Å². The second-order valence-electron chi connectivity index (χ2n) is 4.90. The summed E-state index contributed by atoms with van der Waals surface area (Å²) in [5, 5.41) is 3.37. The molecule has 1 amide bonds. The van der Waals surface area contributed by atoms with Crippen LogP contribution in [0.2, 0.25) is 0 Å². The van der Waals surface area contributed by atoms with E-state index in [2.05, 4.69) is 34.5 Å². The predicted octanol–water partition coefficient (Wildman–Crippen LogP) is 1.46. The topological polar surface area (TPSA) is 35.6 Å². The highest BCUT2D eigenvalue weighted by molar-refractivity contribution is 5.73. The van der Waals surface area contributed by atoms with E-state index in [9.17, 15) is 4.79 Å². The van der Waals surface area contributed by atoms with Crippen molar-refractivity contribution in [3.05, 3.63) is 29.8 Å². The van der Waals surface area contributed by atoms with Gasteiger partial charge in [0.1, 0.15) is 0 Å². The summed E-state index contributed by atoms with van der Waals surface area (Å²) in [7, 11) is 0. The van der Waals surface area contributed by atoms with Crippen molar-refractivity contribution in [1.82, 2.24) is 10.2 Å². The Morgan fingerprint density at radius 1 is 1.32 bits per heavy atom. The Morgan fingerprint density at radius 2 is 2.00 bits per heavy atom. The Labute approximate surface area is 115 Å². The lowest BCUT2D eigenvalue weighted by Crippen LogP contribution is -2.44. The van der Waals surface area contributed by atoms with Gasteiger partial charge in [0.15, 0.2) is 0 Å². The van der Waals surface area contributed by atoms with E-state index < -0.39 is 0 Å². The first-order valence-electron chi connectivity index (χ1n) is 7.01. The molecule has 1 aromatic carbocycles. The summed E-state index contributed by atoms with van der Waals surface area (Å²) in [5.74, 6) is 0.137. The highest BCUT2D eigenvalue weighted by Gasteiger charge is 2.15. The Hall–Kier alpha value is -1.55. The molecule has 4 nitrogen and oxygen atoms in total. The minimum absolute atomic E-state index is 0.137. The third-order valence-corrected chi connectivity index (χ3v) is 3.64. The van der Waals surface area contributed by atoms with Crippen LogP contribution in [0.4, 0.5) is 5.69 Å². The van der Waals surface area contributed by atoms with Crippen molar-refractivity contribution in [2.24, 2.45) is 0 Å². The number of hydrogen-bond acceptors (Lipinski definition) is 3. The first-order chi connectivity index (χ1) is 9.22. The molecule has 19 heavy (non-hydrogen) atoms. The normalized spacial score (nSPS) is 15.4. The van der Waals surface area contributed by atoms with Gasteiger partial charge in [-0.2, -0.15) is 0 Å². The van der Waals surface area contributed by atoms with Crippen LogP contribution < -0.4 is 10.2 Å². The van der Waals surface area contributed by atoms with Crippen LogP contribution >= 0.6 is 0 Å². The zero-order chi connectivity index (χ0) is 13.7. The van der Waals surface area contributed by atoms with Crippen molar-refractivity contribution >= 4 is 11.6 Å². The number of carbonyl (C=O) groups excluding carboxylic acids is 1. The molecule has 104 valence electrons. The third-order valence-electron chi connectivity index (χ3n) is 3.64. The molecular formula is C15H23N3O. The smallest absolute Gasteiger partial charge is 0.219 e. The van der Waals surface area contributed by atoms with Gasteiger partial charge in [0.05, 0.1) is 0 Å². The minimum atomic E-state index is 0.137. The molecule has 4 heteroatoms. The number of hydrogen-bond donors (Lipinski definition) is 1. The largest absolute Gasteiger partial charge is 0.369 e. The summed E-state index contributed by atoms with van der Waals surface area (Å²) in [6, 6.07) is 8.41. The average molecular weight is 261 g/mol. The first-order valence-corrected chi connectivity index (χ1v) is 7.01. The molecule has 0 atom stereocenters. The van der Waals surface area contributed by atoms with E-state index in [4.69, 9.17) is 0 Å². The van der Waals surface area contributed by atoms with Gasteiger partial charge in [-0.05, 0) is 18.6 Å². The predicted molar refractivity (Wildman–Crippen MR) is 78.3 cm³/mol. The molecule has 0 spiro atoms. The first kappa shape index (κ1) is 13.9. The number of benzene rings is 1.